The number of rotatable bonds is 1. The Balaban J connectivity index is 1.95. The molecule has 0 aromatic carbocycles. The van der Waals surface area contributed by atoms with Gasteiger partial charge in [-0.05, 0) is 25.6 Å². The summed E-state index contributed by atoms with van der Waals surface area (Å²) in [5.41, 5.74) is -0.581. The van der Waals surface area contributed by atoms with E-state index in [0.717, 1.165) is 0 Å². The van der Waals surface area contributed by atoms with Crippen molar-refractivity contribution in [1.29, 1.82) is 0 Å². The summed E-state index contributed by atoms with van der Waals surface area (Å²) in [5, 5.41) is 3.52. The van der Waals surface area contributed by atoms with Crippen LogP contribution in [0.25, 0.3) is 0 Å². The number of hydrogen-bond acceptors (Lipinski definition) is 5. The molecule has 0 saturated carbocycles. The van der Waals surface area contributed by atoms with E-state index in [-0.39, 0.29) is 35.1 Å². The van der Waals surface area contributed by atoms with Crippen LogP contribution in [0.2, 0.25) is 0 Å². The highest BCUT2D eigenvalue weighted by molar-refractivity contribution is 7.92. The summed E-state index contributed by atoms with van der Waals surface area (Å²) in [4.78, 5) is 1.84. The molecule has 6 nitrogen and oxygen atoms in total. The Morgan fingerprint density at radius 2 is 1.95 bits per heavy atom. The molecule has 3 fully saturated rings. The van der Waals surface area contributed by atoms with E-state index in [4.69, 9.17) is 12.2 Å². The monoisotopic (exact) mass is 324 g/mol. The fourth-order valence-electron chi connectivity index (χ4n) is 3.43. The minimum atomic E-state index is -3.06. The van der Waals surface area contributed by atoms with Gasteiger partial charge in [0.05, 0.1) is 40.6 Å². The van der Waals surface area contributed by atoms with Gasteiger partial charge in [-0.15, -0.1) is 0 Å². The van der Waals surface area contributed by atoms with Gasteiger partial charge in [0.1, 0.15) is 0 Å². The Labute approximate surface area is 118 Å². The lowest BCUT2D eigenvalue weighted by Crippen LogP contribution is -2.53. The molecule has 0 bridgehead atoms. The number of thiocarbonyl (C=S) groups is 1. The number of hydrogen-bond donors (Lipinski definition) is 1. The van der Waals surface area contributed by atoms with Crippen LogP contribution < -0.4 is 5.32 Å². The molecule has 0 amide bonds. The fraction of sp³-hybridized carbons (Fsp3) is 0.900. The van der Waals surface area contributed by atoms with Crippen LogP contribution in [0.4, 0.5) is 0 Å². The first kappa shape index (κ1) is 13.6. The minimum Gasteiger partial charge on any atom is -0.357 e. The molecule has 108 valence electrons. The average Bonchev–Trinajstić information content (AvgIpc) is 2.74. The van der Waals surface area contributed by atoms with Crippen molar-refractivity contribution in [3.05, 3.63) is 0 Å². The predicted molar refractivity (Wildman–Crippen MR) is 75.5 cm³/mol. The van der Waals surface area contributed by atoms with Gasteiger partial charge in [-0.1, -0.05) is 0 Å². The smallest absolute Gasteiger partial charge is 0.170 e. The molecule has 9 heteroatoms. The molecule has 0 radical (unpaired) electrons. The highest BCUT2D eigenvalue weighted by Crippen LogP contribution is 2.37. The average molecular weight is 324 g/mol. The largest absolute Gasteiger partial charge is 0.357 e. The van der Waals surface area contributed by atoms with E-state index in [1.165, 1.54) is 0 Å². The van der Waals surface area contributed by atoms with Gasteiger partial charge in [-0.3, -0.25) is 0 Å². The van der Waals surface area contributed by atoms with E-state index < -0.39 is 25.2 Å². The second kappa shape index (κ2) is 3.82. The zero-order valence-electron chi connectivity index (χ0n) is 10.5. The fourth-order valence-corrected chi connectivity index (χ4v) is 7.95. The van der Waals surface area contributed by atoms with E-state index in [1.54, 1.807) is 0 Å². The highest BCUT2D eigenvalue weighted by Gasteiger charge is 2.55. The first-order chi connectivity index (χ1) is 8.62. The van der Waals surface area contributed by atoms with E-state index in [2.05, 4.69) is 5.32 Å². The van der Waals surface area contributed by atoms with Crippen molar-refractivity contribution in [2.45, 2.75) is 31.0 Å². The Hall–Kier alpha value is -0.410. The molecule has 3 atom stereocenters. The van der Waals surface area contributed by atoms with Crippen molar-refractivity contribution in [2.75, 3.05) is 23.0 Å². The number of sulfone groups is 2. The molecule has 1 N–H and O–H groups in total. The summed E-state index contributed by atoms with van der Waals surface area (Å²) in [6, 6.07) is -0.423. The molecule has 3 unspecified atom stereocenters. The molecule has 3 heterocycles. The zero-order chi connectivity index (χ0) is 14.1. The van der Waals surface area contributed by atoms with Crippen LogP contribution in [0.3, 0.4) is 0 Å². The van der Waals surface area contributed by atoms with Crippen LogP contribution in [0.1, 0.15) is 13.3 Å². The predicted octanol–water partition coefficient (Wildman–Crippen LogP) is -1.08. The van der Waals surface area contributed by atoms with E-state index in [9.17, 15) is 16.8 Å². The third kappa shape index (κ3) is 2.15. The van der Waals surface area contributed by atoms with Gasteiger partial charge in [0.25, 0.3) is 0 Å². The number of nitrogens with zero attached hydrogens (tertiary/aromatic N) is 1. The van der Waals surface area contributed by atoms with Gasteiger partial charge in [-0.25, -0.2) is 16.8 Å². The molecule has 0 spiro atoms. The maximum Gasteiger partial charge on any atom is 0.170 e. The Morgan fingerprint density at radius 3 is 2.53 bits per heavy atom. The van der Waals surface area contributed by atoms with Crippen LogP contribution in [0, 0.1) is 0 Å². The first-order valence-corrected chi connectivity index (χ1v) is 10.2. The molecule has 19 heavy (non-hydrogen) atoms. The minimum absolute atomic E-state index is 0.0467. The topological polar surface area (TPSA) is 83.6 Å². The molecular weight excluding hydrogens is 308 g/mol. The lowest BCUT2D eigenvalue weighted by molar-refractivity contribution is 0.191. The van der Waals surface area contributed by atoms with Crippen LogP contribution >= 0.6 is 12.2 Å². The van der Waals surface area contributed by atoms with E-state index >= 15 is 0 Å². The summed E-state index contributed by atoms with van der Waals surface area (Å²) >= 11 is 5.28. The van der Waals surface area contributed by atoms with Gasteiger partial charge in [0.15, 0.2) is 24.8 Å². The van der Waals surface area contributed by atoms with Crippen molar-refractivity contribution in [1.82, 2.24) is 10.2 Å². The summed E-state index contributed by atoms with van der Waals surface area (Å²) in [5.74, 6) is 0.329. The van der Waals surface area contributed by atoms with Crippen molar-refractivity contribution < 1.29 is 16.8 Å². The van der Waals surface area contributed by atoms with Gasteiger partial charge in [0, 0.05) is 0 Å². The maximum absolute atomic E-state index is 11.7. The standard InChI is InChI=1S/C10H16N2O4S3/c1-10(2-3-18(13,14)6-10)12-8-5-19(15,16)4-7(8)11-9(12)17/h7-8H,2-6H2,1H3,(H,11,17). The summed E-state index contributed by atoms with van der Waals surface area (Å²) in [6.45, 7) is 1.86. The summed E-state index contributed by atoms with van der Waals surface area (Å²) in [7, 11) is -6.11. The molecule has 3 aliphatic rings. The van der Waals surface area contributed by atoms with Gasteiger partial charge in [-0.2, -0.15) is 0 Å². The Morgan fingerprint density at radius 1 is 1.26 bits per heavy atom. The molecule has 3 saturated heterocycles. The normalized spacial score (nSPS) is 43.2. The van der Waals surface area contributed by atoms with Gasteiger partial charge >= 0.3 is 0 Å². The lowest BCUT2D eigenvalue weighted by atomic mass is 9.97. The third-order valence-electron chi connectivity index (χ3n) is 4.25. The van der Waals surface area contributed by atoms with Crippen molar-refractivity contribution in [3.63, 3.8) is 0 Å². The third-order valence-corrected chi connectivity index (χ3v) is 8.16. The molecule has 0 aliphatic carbocycles. The molecule has 3 rings (SSSR count). The Bertz CT molecular complexity index is 630. The van der Waals surface area contributed by atoms with Crippen molar-refractivity contribution in [3.8, 4) is 0 Å². The van der Waals surface area contributed by atoms with E-state index in [0.29, 0.717) is 11.5 Å². The van der Waals surface area contributed by atoms with Crippen LogP contribution in [0.5, 0.6) is 0 Å². The number of nitrogens with one attached hydrogen (secondary N) is 1. The summed E-state index contributed by atoms with van der Waals surface area (Å²) in [6.07, 6.45) is 0.500. The second-order valence-electron chi connectivity index (χ2n) is 5.91. The maximum atomic E-state index is 11.7. The summed E-state index contributed by atoms with van der Waals surface area (Å²) < 4.78 is 46.9. The lowest BCUT2D eigenvalue weighted by Gasteiger charge is -2.38. The van der Waals surface area contributed by atoms with Crippen molar-refractivity contribution in [2.24, 2.45) is 0 Å². The first-order valence-electron chi connectivity index (χ1n) is 6.13. The van der Waals surface area contributed by atoms with Crippen molar-refractivity contribution >= 4 is 37.0 Å². The second-order valence-corrected chi connectivity index (χ2v) is 10.6. The quantitative estimate of drug-likeness (QED) is 0.614. The van der Waals surface area contributed by atoms with Gasteiger partial charge < -0.3 is 10.2 Å². The van der Waals surface area contributed by atoms with Gasteiger partial charge in [0.2, 0.25) is 0 Å². The van der Waals surface area contributed by atoms with E-state index in [1.807, 2.05) is 11.8 Å². The van der Waals surface area contributed by atoms with Crippen LogP contribution in [-0.2, 0) is 19.7 Å². The highest BCUT2D eigenvalue weighted by atomic mass is 32.2. The number of fused-ring (bicyclic) bond motifs is 1. The molecule has 3 aliphatic heterocycles. The molecule has 0 aromatic rings. The van der Waals surface area contributed by atoms with Crippen LogP contribution in [0.15, 0.2) is 0 Å². The SMILES string of the molecule is CC1(N2C(=S)NC3CS(=O)(=O)CC32)CCS(=O)(=O)C1. The molecule has 0 aromatic heterocycles. The molecular formula is C10H16N2O4S3. The van der Waals surface area contributed by atoms with Crippen LogP contribution in [-0.4, -0.2) is 67.5 Å². The zero-order valence-corrected chi connectivity index (χ0v) is 12.9. The Kier molecular flexibility index (Phi) is 2.73.